The number of aromatic nitrogens is 2. The van der Waals surface area contributed by atoms with E-state index in [0.29, 0.717) is 11.3 Å². The lowest BCUT2D eigenvalue weighted by Gasteiger charge is -2.07. The number of halogens is 2. The van der Waals surface area contributed by atoms with E-state index in [1.54, 1.807) is 6.92 Å². The van der Waals surface area contributed by atoms with Crippen molar-refractivity contribution in [3.8, 4) is 11.6 Å². The van der Waals surface area contributed by atoms with Crippen LogP contribution in [0.25, 0.3) is 0 Å². The fourth-order valence-electron chi connectivity index (χ4n) is 1.33. The van der Waals surface area contributed by atoms with E-state index in [0.717, 1.165) is 0 Å². The number of hydrogen-bond acceptors (Lipinski definition) is 5. The average molecular weight is 300 g/mol. The minimum Gasteiger partial charge on any atom is -0.439 e. The van der Waals surface area contributed by atoms with Crippen molar-refractivity contribution in [3.63, 3.8) is 0 Å². The molecule has 0 saturated heterocycles. The first-order valence-electron chi connectivity index (χ1n) is 5.08. The third-order valence-electron chi connectivity index (χ3n) is 2.31. The molecule has 2 rings (SSSR count). The van der Waals surface area contributed by atoms with E-state index in [-0.39, 0.29) is 21.7 Å². The highest BCUT2D eigenvalue weighted by atomic mass is 35.5. The van der Waals surface area contributed by atoms with Gasteiger partial charge in [-0.25, -0.2) is 9.97 Å². The quantitative estimate of drug-likeness (QED) is 0.489. The van der Waals surface area contributed by atoms with Gasteiger partial charge in [-0.2, -0.15) is 0 Å². The molecule has 8 heteroatoms. The summed E-state index contributed by atoms with van der Waals surface area (Å²) in [5, 5.41) is 10.9. The highest BCUT2D eigenvalue weighted by Gasteiger charge is 2.14. The monoisotopic (exact) mass is 299 g/mol. The van der Waals surface area contributed by atoms with Gasteiger partial charge in [-0.15, -0.1) is 0 Å². The summed E-state index contributed by atoms with van der Waals surface area (Å²) in [6.07, 6.45) is 1.26. The summed E-state index contributed by atoms with van der Waals surface area (Å²) in [4.78, 5) is 17.8. The molecule has 0 unspecified atom stereocenters. The van der Waals surface area contributed by atoms with E-state index in [2.05, 4.69) is 9.97 Å². The maximum atomic E-state index is 10.6. The lowest BCUT2D eigenvalue weighted by atomic mass is 10.3. The maximum Gasteiger partial charge on any atom is 0.288 e. The van der Waals surface area contributed by atoms with Gasteiger partial charge in [0.15, 0.2) is 0 Å². The Morgan fingerprint density at radius 2 is 2.05 bits per heavy atom. The van der Waals surface area contributed by atoms with Crippen molar-refractivity contribution in [2.75, 3.05) is 0 Å². The zero-order valence-electron chi connectivity index (χ0n) is 9.63. The molecule has 1 heterocycles. The molecule has 1 aromatic heterocycles. The van der Waals surface area contributed by atoms with Crippen LogP contribution in [0.15, 0.2) is 24.5 Å². The first-order valence-corrected chi connectivity index (χ1v) is 5.83. The number of nitro benzene ring substituents is 1. The molecule has 0 aliphatic heterocycles. The van der Waals surface area contributed by atoms with Crippen LogP contribution < -0.4 is 4.74 Å². The normalized spacial score (nSPS) is 10.3. The van der Waals surface area contributed by atoms with Gasteiger partial charge in [-0.05, 0) is 13.0 Å². The van der Waals surface area contributed by atoms with Gasteiger partial charge in [0, 0.05) is 17.7 Å². The summed E-state index contributed by atoms with van der Waals surface area (Å²) in [5.41, 5.74) is 0.380. The van der Waals surface area contributed by atoms with Crippen molar-refractivity contribution in [3.05, 3.63) is 50.4 Å². The van der Waals surface area contributed by atoms with Gasteiger partial charge in [0.2, 0.25) is 5.88 Å². The fourth-order valence-corrected chi connectivity index (χ4v) is 1.69. The Kier molecular flexibility index (Phi) is 3.82. The molecular formula is C11H7Cl2N3O3. The molecule has 0 spiro atoms. The molecule has 0 aliphatic rings. The third kappa shape index (κ3) is 2.91. The Balaban J connectivity index is 2.32. The maximum absolute atomic E-state index is 10.6. The van der Waals surface area contributed by atoms with Gasteiger partial charge in [0.1, 0.15) is 22.3 Å². The minimum atomic E-state index is -0.571. The lowest BCUT2D eigenvalue weighted by molar-refractivity contribution is -0.384. The zero-order valence-corrected chi connectivity index (χ0v) is 11.1. The van der Waals surface area contributed by atoms with Gasteiger partial charge in [0.25, 0.3) is 5.69 Å². The standard InChI is InChI=1S/C11H7Cl2N3O3/c1-6-10(13)14-5-15-11(6)19-7-2-3-9(16(17)18)8(12)4-7/h2-5H,1H3. The third-order valence-corrected chi connectivity index (χ3v) is 2.99. The van der Waals surface area contributed by atoms with Crippen molar-refractivity contribution < 1.29 is 9.66 Å². The van der Waals surface area contributed by atoms with Crippen molar-refractivity contribution in [1.29, 1.82) is 0 Å². The predicted molar refractivity (Wildman–Crippen MR) is 70.0 cm³/mol. The van der Waals surface area contributed by atoms with Gasteiger partial charge in [-0.1, -0.05) is 23.2 Å². The molecule has 98 valence electrons. The van der Waals surface area contributed by atoms with Crippen LogP contribution in [-0.2, 0) is 0 Å². The number of nitro groups is 1. The van der Waals surface area contributed by atoms with E-state index >= 15 is 0 Å². The van der Waals surface area contributed by atoms with Crippen LogP contribution in [0.3, 0.4) is 0 Å². The second kappa shape index (κ2) is 5.38. The fraction of sp³-hybridized carbons (Fsp3) is 0.0909. The molecule has 1 aromatic carbocycles. The Hall–Kier alpha value is -1.92. The van der Waals surface area contributed by atoms with Gasteiger partial charge >= 0.3 is 0 Å². The highest BCUT2D eigenvalue weighted by Crippen LogP contribution is 2.32. The Bertz CT molecular complexity index is 649. The largest absolute Gasteiger partial charge is 0.439 e. The van der Waals surface area contributed by atoms with Crippen LogP contribution in [0, 0.1) is 17.0 Å². The zero-order chi connectivity index (χ0) is 14.0. The number of nitrogens with zero attached hydrogens (tertiary/aromatic N) is 3. The van der Waals surface area contributed by atoms with Crippen LogP contribution in [-0.4, -0.2) is 14.9 Å². The van der Waals surface area contributed by atoms with Gasteiger partial charge < -0.3 is 4.74 Å². The number of benzene rings is 1. The second-order valence-electron chi connectivity index (χ2n) is 3.57. The average Bonchev–Trinajstić information content (AvgIpc) is 2.34. The molecule has 0 aliphatic carbocycles. The minimum absolute atomic E-state index is 0.0136. The molecule has 0 N–H and O–H groups in total. The first-order chi connectivity index (χ1) is 8.99. The van der Waals surface area contributed by atoms with E-state index in [9.17, 15) is 10.1 Å². The van der Waals surface area contributed by atoms with Crippen LogP contribution >= 0.6 is 23.2 Å². The van der Waals surface area contributed by atoms with Crippen LogP contribution in [0.2, 0.25) is 10.2 Å². The first kappa shape index (κ1) is 13.5. The topological polar surface area (TPSA) is 78.2 Å². The van der Waals surface area contributed by atoms with Crippen molar-refractivity contribution in [2.45, 2.75) is 6.92 Å². The van der Waals surface area contributed by atoms with E-state index in [1.807, 2.05) is 0 Å². The smallest absolute Gasteiger partial charge is 0.288 e. The van der Waals surface area contributed by atoms with E-state index in [4.69, 9.17) is 27.9 Å². The Morgan fingerprint density at radius 3 is 2.68 bits per heavy atom. The van der Waals surface area contributed by atoms with Crippen LogP contribution in [0.4, 0.5) is 5.69 Å². The molecule has 0 bridgehead atoms. The summed E-state index contributed by atoms with van der Waals surface area (Å²) >= 11 is 11.6. The van der Waals surface area contributed by atoms with Crippen molar-refractivity contribution in [1.82, 2.24) is 9.97 Å². The SMILES string of the molecule is Cc1c(Cl)ncnc1Oc1ccc([N+](=O)[O-])c(Cl)c1. The summed E-state index contributed by atoms with van der Waals surface area (Å²) < 4.78 is 5.46. The van der Waals surface area contributed by atoms with Gasteiger partial charge in [0.05, 0.1) is 4.92 Å². The molecule has 2 aromatic rings. The van der Waals surface area contributed by atoms with Crippen molar-refractivity contribution >= 4 is 28.9 Å². The Labute approximate surface area is 118 Å². The van der Waals surface area contributed by atoms with E-state index < -0.39 is 4.92 Å². The highest BCUT2D eigenvalue weighted by molar-refractivity contribution is 6.32. The number of rotatable bonds is 3. The number of ether oxygens (including phenoxy) is 1. The molecule has 0 radical (unpaired) electrons. The lowest BCUT2D eigenvalue weighted by Crippen LogP contribution is -1.94. The number of hydrogen-bond donors (Lipinski definition) is 0. The van der Waals surface area contributed by atoms with Crippen LogP contribution in [0.1, 0.15) is 5.56 Å². The summed E-state index contributed by atoms with van der Waals surface area (Å²) in [5.74, 6) is 0.596. The molecular weight excluding hydrogens is 293 g/mol. The van der Waals surface area contributed by atoms with Crippen LogP contribution in [0.5, 0.6) is 11.6 Å². The van der Waals surface area contributed by atoms with Crippen molar-refractivity contribution in [2.24, 2.45) is 0 Å². The molecule has 0 amide bonds. The Morgan fingerprint density at radius 1 is 1.32 bits per heavy atom. The predicted octanol–water partition coefficient (Wildman–Crippen LogP) is 3.79. The van der Waals surface area contributed by atoms with E-state index in [1.165, 1.54) is 24.5 Å². The molecule has 6 nitrogen and oxygen atoms in total. The molecule has 0 atom stereocenters. The molecule has 0 fully saturated rings. The van der Waals surface area contributed by atoms with Gasteiger partial charge in [-0.3, -0.25) is 10.1 Å². The summed E-state index contributed by atoms with van der Waals surface area (Å²) in [6, 6.07) is 4.03. The summed E-state index contributed by atoms with van der Waals surface area (Å²) in [6.45, 7) is 1.70. The molecule has 0 saturated carbocycles. The molecule has 19 heavy (non-hydrogen) atoms. The summed E-state index contributed by atoms with van der Waals surface area (Å²) in [7, 11) is 0. The second-order valence-corrected chi connectivity index (χ2v) is 4.33.